The summed E-state index contributed by atoms with van der Waals surface area (Å²) in [5.41, 5.74) is 6.76. The van der Waals surface area contributed by atoms with Crippen molar-refractivity contribution in [2.45, 2.75) is 25.9 Å². The number of aliphatic hydroxyl groups is 1. The zero-order valence-corrected chi connectivity index (χ0v) is 11.2. The molecule has 0 amide bonds. The first-order valence-corrected chi connectivity index (χ1v) is 6.03. The van der Waals surface area contributed by atoms with Gasteiger partial charge >= 0.3 is 0 Å². The third-order valence-corrected chi connectivity index (χ3v) is 3.39. The molecule has 6 heteroatoms. The molecule has 94 valence electrons. The molecule has 1 aliphatic heterocycles. The lowest BCUT2D eigenvalue weighted by Crippen LogP contribution is -2.31. The van der Waals surface area contributed by atoms with Gasteiger partial charge in [0.2, 0.25) is 0 Å². The number of nitrogens with zero attached hydrogens (tertiary/aromatic N) is 3. The van der Waals surface area contributed by atoms with Gasteiger partial charge in [-0.25, -0.2) is 0 Å². The summed E-state index contributed by atoms with van der Waals surface area (Å²) in [4.78, 5) is 2.45. The van der Waals surface area contributed by atoms with Crippen molar-refractivity contribution in [3.8, 4) is 0 Å². The number of rotatable bonds is 2. The first kappa shape index (κ1) is 12.3. The first-order valence-electron chi connectivity index (χ1n) is 5.62. The Balaban J connectivity index is 2.42. The number of hydrogen-bond donors (Lipinski definition) is 2. The molecule has 1 fully saturated rings. The molecule has 1 aliphatic rings. The summed E-state index contributed by atoms with van der Waals surface area (Å²) in [6.07, 6.45) is 0.744. The van der Waals surface area contributed by atoms with E-state index >= 15 is 0 Å². The zero-order valence-electron chi connectivity index (χ0n) is 10.4. The highest BCUT2D eigenvalue weighted by molar-refractivity contribution is 7.80. The molecule has 1 atom stereocenters. The smallest absolute Gasteiger partial charge is 0.137 e. The molecular formula is C11H18N4OS. The fraction of sp³-hybridized carbons (Fsp3) is 0.636. The number of aromatic nitrogens is 2. The van der Waals surface area contributed by atoms with Gasteiger partial charge in [0.05, 0.1) is 16.9 Å². The van der Waals surface area contributed by atoms with E-state index < -0.39 is 5.60 Å². The summed E-state index contributed by atoms with van der Waals surface area (Å²) in [5, 5.41) is 14.4. The number of hydrogen-bond acceptors (Lipinski definition) is 4. The minimum atomic E-state index is -0.647. The lowest BCUT2D eigenvalue weighted by molar-refractivity contribution is 0.0838. The second kappa shape index (κ2) is 3.96. The molecule has 2 heterocycles. The number of aryl methyl sites for hydroxylation is 2. The summed E-state index contributed by atoms with van der Waals surface area (Å²) in [5.74, 6) is 0.910. The average Bonchev–Trinajstić information content (AvgIpc) is 2.66. The van der Waals surface area contributed by atoms with Crippen LogP contribution < -0.4 is 10.6 Å². The predicted molar refractivity (Wildman–Crippen MR) is 71.3 cm³/mol. The van der Waals surface area contributed by atoms with Crippen molar-refractivity contribution in [2.24, 2.45) is 12.8 Å². The molecule has 17 heavy (non-hydrogen) atoms. The molecule has 0 spiro atoms. The maximum atomic E-state index is 10.0. The molecule has 1 aromatic rings. The van der Waals surface area contributed by atoms with Gasteiger partial charge in [0.25, 0.3) is 0 Å². The van der Waals surface area contributed by atoms with E-state index in [1.54, 1.807) is 4.68 Å². The Hall–Kier alpha value is -1.14. The fourth-order valence-corrected chi connectivity index (χ4v) is 2.66. The normalized spacial score (nSPS) is 24.4. The quantitative estimate of drug-likeness (QED) is 0.744. The van der Waals surface area contributed by atoms with Gasteiger partial charge < -0.3 is 15.7 Å². The molecule has 2 rings (SSSR count). The van der Waals surface area contributed by atoms with Gasteiger partial charge in [-0.2, -0.15) is 5.10 Å². The van der Waals surface area contributed by atoms with Crippen LogP contribution in [0.4, 0.5) is 5.82 Å². The van der Waals surface area contributed by atoms with E-state index in [2.05, 4.69) is 10.00 Å². The predicted octanol–water partition coefficient (Wildman–Crippen LogP) is 0.324. The maximum Gasteiger partial charge on any atom is 0.137 e. The molecule has 5 nitrogen and oxygen atoms in total. The summed E-state index contributed by atoms with van der Waals surface area (Å²) in [6, 6.07) is 0. The van der Waals surface area contributed by atoms with E-state index in [-0.39, 0.29) is 0 Å². The Morgan fingerprint density at radius 1 is 1.59 bits per heavy atom. The lowest BCUT2D eigenvalue weighted by Gasteiger charge is -2.22. The van der Waals surface area contributed by atoms with Crippen molar-refractivity contribution < 1.29 is 5.11 Å². The van der Waals surface area contributed by atoms with Gasteiger partial charge in [-0.1, -0.05) is 12.2 Å². The molecule has 0 aromatic carbocycles. The second-order valence-corrected chi connectivity index (χ2v) is 5.38. The molecule has 1 aromatic heterocycles. The van der Waals surface area contributed by atoms with Crippen molar-refractivity contribution in [1.29, 1.82) is 0 Å². The molecule has 0 radical (unpaired) electrons. The SMILES string of the molecule is Cc1nn(C)c(N2CCC(C)(O)C2)c1C(N)=S. The summed E-state index contributed by atoms with van der Waals surface area (Å²) in [7, 11) is 1.87. The highest BCUT2D eigenvalue weighted by Crippen LogP contribution is 2.30. The van der Waals surface area contributed by atoms with Gasteiger partial charge in [0.15, 0.2) is 0 Å². The minimum Gasteiger partial charge on any atom is -0.389 e. The number of nitrogens with two attached hydrogens (primary N) is 1. The monoisotopic (exact) mass is 254 g/mol. The molecule has 3 N–H and O–H groups in total. The number of β-amino-alcohol motifs (C(OH)–C–C–N with tert-alkyl or cyclic N) is 1. The van der Waals surface area contributed by atoms with Gasteiger partial charge in [-0.3, -0.25) is 4.68 Å². The van der Waals surface area contributed by atoms with Crippen LogP contribution in [-0.2, 0) is 7.05 Å². The fourth-order valence-electron chi connectivity index (χ4n) is 2.42. The minimum absolute atomic E-state index is 0.358. The third kappa shape index (κ3) is 2.14. The van der Waals surface area contributed by atoms with E-state index in [1.807, 2.05) is 20.9 Å². The average molecular weight is 254 g/mol. The Kier molecular flexibility index (Phi) is 2.87. The van der Waals surface area contributed by atoms with Crippen LogP contribution in [0.15, 0.2) is 0 Å². The van der Waals surface area contributed by atoms with E-state index in [0.717, 1.165) is 30.0 Å². The van der Waals surface area contributed by atoms with Crippen LogP contribution in [0.1, 0.15) is 24.6 Å². The van der Waals surface area contributed by atoms with Crippen LogP contribution in [0.5, 0.6) is 0 Å². The van der Waals surface area contributed by atoms with Crippen LogP contribution in [0.2, 0.25) is 0 Å². The van der Waals surface area contributed by atoms with Gasteiger partial charge in [0.1, 0.15) is 10.8 Å². The second-order valence-electron chi connectivity index (χ2n) is 4.94. The van der Waals surface area contributed by atoms with E-state index in [1.165, 1.54) is 0 Å². The lowest BCUT2D eigenvalue weighted by atomic mass is 10.1. The van der Waals surface area contributed by atoms with Gasteiger partial charge in [-0.15, -0.1) is 0 Å². The Morgan fingerprint density at radius 3 is 2.71 bits per heavy atom. The summed E-state index contributed by atoms with van der Waals surface area (Å²) >= 11 is 5.08. The van der Waals surface area contributed by atoms with Crippen LogP contribution >= 0.6 is 12.2 Å². The number of anilines is 1. The van der Waals surface area contributed by atoms with E-state index in [4.69, 9.17) is 18.0 Å². The maximum absolute atomic E-state index is 10.0. The standard InChI is InChI=1S/C11H18N4OS/c1-7-8(9(12)17)10(14(3)13-7)15-5-4-11(2,16)6-15/h16H,4-6H2,1-3H3,(H2,12,17). The van der Waals surface area contributed by atoms with Crippen molar-refractivity contribution in [3.05, 3.63) is 11.3 Å². The van der Waals surface area contributed by atoms with Crippen molar-refractivity contribution >= 4 is 23.0 Å². The van der Waals surface area contributed by atoms with Gasteiger partial charge in [0, 0.05) is 20.1 Å². The van der Waals surface area contributed by atoms with Crippen LogP contribution in [0.25, 0.3) is 0 Å². The van der Waals surface area contributed by atoms with Crippen LogP contribution in [-0.4, -0.2) is 38.6 Å². The Labute approximate surface area is 106 Å². The van der Waals surface area contributed by atoms with E-state index in [9.17, 15) is 5.11 Å². The Bertz CT molecular complexity index is 466. The molecule has 0 saturated carbocycles. The molecule has 1 saturated heterocycles. The summed E-state index contributed by atoms with van der Waals surface area (Å²) in [6.45, 7) is 5.12. The topological polar surface area (TPSA) is 67.3 Å². The van der Waals surface area contributed by atoms with Gasteiger partial charge in [-0.05, 0) is 20.3 Å². The zero-order chi connectivity index (χ0) is 12.8. The van der Waals surface area contributed by atoms with E-state index in [0.29, 0.717) is 11.5 Å². The molecule has 0 bridgehead atoms. The molecule has 0 aliphatic carbocycles. The highest BCUT2D eigenvalue weighted by Gasteiger charge is 2.34. The number of thiocarbonyl (C=S) groups is 1. The summed E-state index contributed by atoms with van der Waals surface area (Å²) < 4.78 is 1.78. The molecule has 1 unspecified atom stereocenters. The molecular weight excluding hydrogens is 236 g/mol. The van der Waals surface area contributed by atoms with Crippen LogP contribution in [0, 0.1) is 6.92 Å². The van der Waals surface area contributed by atoms with Crippen LogP contribution in [0.3, 0.4) is 0 Å². The van der Waals surface area contributed by atoms with Crippen molar-refractivity contribution in [1.82, 2.24) is 9.78 Å². The van der Waals surface area contributed by atoms with Crippen molar-refractivity contribution in [3.63, 3.8) is 0 Å². The highest BCUT2D eigenvalue weighted by atomic mass is 32.1. The first-order chi connectivity index (χ1) is 7.82. The van der Waals surface area contributed by atoms with Crippen molar-refractivity contribution in [2.75, 3.05) is 18.0 Å². The third-order valence-electron chi connectivity index (χ3n) is 3.19. The largest absolute Gasteiger partial charge is 0.389 e. The Morgan fingerprint density at radius 2 is 2.24 bits per heavy atom.